The molecule has 0 aliphatic rings. The maximum Gasteiger partial charge on any atom is 0.270 e. The van der Waals surface area contributed by atoms with E-state index in [1.165, 1.54) is 12.1 Å². The quantitative estimate of drug-likeness (QED) is 0.462. The molecule has 1 amide bonds. The summed E-state index contributed by atoms with van der Waals surface area (Å²) < 4.78 is 5.33. The Morgan fingerprint density at radius 1 is 1.61 bits per heavy atom. The molecule has 1 aromatic rings. The van der Waals surface area contributed by atoms with E-state index in [0.717, 1.165) is 6.07 Å². The van der Waals surface area contributed by atoms with Crippen molar-refractivity contribution in [2.45, 2.75) is 19.4 Å². The average Bonchev–Trinajstić information content (AvgIpc) is 2.27. The SMILES string of the molecule is CC(CC(N)=O)Oc1ccc([N+](=O)[O-])cc1C=O. The lowest BCUT2D eigenvalue weighted by molar-refractivity contribution is -0.384. The van der Waals surface area contributed by atoms with Gasteiger partial charge in [-0.2, -0.15) is 0 Å². The molecule has 7 heteroatoms. The number of nitro benzene ring substituents is 1. The fourth-order valence-corrected chi connectivity index (χ4v) is 1.39. The minimum atomic E-state index is -0.608. The van der Waals surface area contributed by atoms with Gasteiger partial charge in [0.2, 0.25) is 5.91 Å². The monoisotopic (exact) mass is 252 g/mol. The second-order valence-corrected chi connectivity index (χ2v) is 3.70. The first-order chi connectivity index (χ1) is 8.43. The molecule has 1 rings (SSSR count). The van der Waals surface area contributed by atoms with Gasteiger partial charge in [0.05, 0.1) is 16.9 Å². The summed E-state index contributed by atoms with van der Waals surface area (Å²) in [5, 5.41) is 10.5. The molecule has 0 fully saturated rings. The van der Waals surface area contributed by atoms with Gasteiger partial charge in [-0.25, -0.2) is 0 Å². The zero-order valence-electron chi connectivity index (χ0n) is 9.66. The molecule has 0 aromatic heterocycles. The number of amides is 1. The highest BCUT2D eigenvalue weighted by Crippen LogP contribution is 2.24. The molecule has 0 heterocycles. The van der Waals surface area contributed by atoms with Gasteiger partial charge in [0.25, 0.3) is 5.69 Å². The highest BCUT2D eigenvalue weighted by atomic mass is 16.6. The molecule has 1 atom stereocenters. The maximum atomic E-state index is 10.8. The predicted octanol–water partition coefficient (Wildman–Crippen LogP) is 1.05. The van der Waals surface area contributed by atoms with Crippen molar-refractivity contribution in [1.29, 1.82) is 0 Å². The lowest BCUT2D eigenvalue weighted by Gasteiger charge is -2.14. The lowest BCUT2D eigenvalue weighted by Crippen LogP contribution is -2.22. The molecule has 0 aliphatic heterocycles. The van der Waals surface area contributed by atoms with Gasteiger partial charge in [0.1, 0.15) is 11.9 Å². The van der Waals surface area contributed by atoms with Crippen molar-refractivity contribution < 1.29 is 19.2 Å². The van der Waals surface area contributed by atoms with Crippen LogP contribution < -0.4 is 10.5 Å². The number of nitrogens with two attached hydrogens (primary N) is 1. The van der Waals surface area contributed by atoms with Gasteiger partial charge in [0, 0.05) is 12.1 Å². The number of benzene rings is 1. The van der Waals surface area contributed by atoms with Gasteiger partial charge in [-0.05, 0) is 13.0 Å². The van der Waals surface area contributed by atoms with Crippen LogP contribution in [0.4, 0.5) is 5.69 Å². The maximum absolute atomic E-state index is 10.8. The standard InChI is InChI=1S/C11H12N2O5/c1-7(4-11(12)15)18-10-3-2-9(13(16)17)5-8(10)6-14/h2-3,5-7H,4H2,1H3,(H2,12,15). The largest absolute Gasteiger partial charge is 0.489 e. The average molecular weight is 252 g/mol. The normalized spacial score (nSPS) is 11.6. The van der Waals surface area contributed by atoms with Crippen LogP contribution in [0.3, 0.4) is 0 Å². The zero-order chi connectivity index (χ0) is 13.7. The van der Waals surface area contributed by atoms with E-state index >= 15 is 0 Å². The van der Waals surface area contributed by atoms with E-state index in [9.17, 15) is 19.7 Å². The molecular formula is C11H12N2O5. The molecule has 96 valence electrons. The molecule has 0 saturated heterocycles. The Morgan fingerprint density at radius 3 is 2.78 bits per heavy atom. The van der Waals surface area contributed by atoms with Crippen LogP contribution in [0.5, 0.6) is 5.75 Å². The van der Waals surface area contributed by atoms with Gasteiger partial charge in [-0.1, -0.05) is 0 Å². The first-order valence-corrected chi connectivity index (χ1v) is 5.12. The van der Waals surface area contributed by atoms with Gasteiger partial charge < -0.3 is 10.5 Å². The van der Waals surface area contributed by atoms with Crippen LogP contribution in [0.2, 0.25) is 0 Å². The lowest BCUT2D eigenvalue weighted by atomic mass is 10.2. The number of carbonyl (C=O) groups is 2. The second kappa shape index (κ2) is 5.76. The number of primary amides is 1. The highest BCUT2D eigenvalue weighted by molar-refractivity contribution is 5.80. The van der Waals surface area contributed by atoms with Crippen molar-refractivity contribution in [3.05, 3.63) is 33.9 Å². The number of carbonyl (C=O) groups excluding carboxylic acids is 2. The summed E-state index contributed by atoms with van der Waals surface area (Å²) in [6.45, 7) is 1.61. The van der Waals surface area contributed by atoms with Crippen molar-refractivity contribution in [3.63, 3.8) is 0 Å². The van der Waals surface area contributed by atoms with E-state index in [4.69, 9.17) is 10.5 Å². The van der Waals surface area contributed by atoms with Crippen LogP contribution in [-0.2, 0) is 4.79 Å². The Hall–Kier alpha value is -2.44. The molecule has 1 aromatic carbocycles. The topological polar surface area (TPSA) is 113 Å². The van der Waals surface area contributed by atoms with Crippen molar-refractivity contribution >= 4 is 17.9 Å². The summed E-state index contributed by atoms with van der Waals surface area (Å²) >= 11 is 0. The van der Waals surface area contributed by atoms with Crippen LogP contribution in [0.15, 0.2) is 18.2 Å². The van der Waals surface area contributed by atoms with Gasteiger partial charge in [0.15, 0.2) is 6.29 Å². The third-order valence-electron chi connectivity index (χ3n) is 2.15. The van der Waals surface area contributed by atoms with Crippen molar-refractivity contribution in [2.24, 2.45) is 5.73 Å². The number of ether oxygens (including phenoxy) is 1. The van der Waals surface area contributed by atoms with E-state index in [-0.39, 0.29) is 23.4 Å². The molecule has 0 bridgehead atoms. The van der Waals surface area contributed by atoms with E-state index in [2.05, 4.69) is 0 Å². The number of non-ortho nitro benzene ring substituents is 1. The summed E-state index contributed by atoms with van der Waals surface area (Å²) in [6, 6.07) is 3.65. The number of nitrogens with zero attached hydrogens (tertiary/aromatic N) is 1. The summed E-state index contributed by atoms with van der Waals surface area (Å²) in [5.41, 5.74) is 4.86. The van der Waals surface area contributed by atoms with Crippen molar-refractivity contribution in [3.8, 4) is 5.75 Å². The Morgan fingerprint density at radius 2 is 2.28 bits per heavy atom. The van der Waals surface area contributed by atoms with E-state index in [1.54, 1.807) is 6.92 Å². The number of hydrogen-bond donors (Lipinski definition) is 1. The number of aldehydes is 1. The van der Waals surface area contributed by atoms with Crippen LogP contribution in [-0.4, -0.2) is 23.2 Å². The highest BCUT2D eigenvalue weighted by Gasteiger charge is 2.14. The fraction of sp³-hybridized carbons (Fsp3) is 0.273. The van der Waals surface area contributed by atoms with E-state index in [1.807, 2.05) is 0 Å². The molecule has 0 spiro atoms. The molecule has 18 heavy (non-hydrogen) atoms. The van der Waals surface area contributed by atoms with Crippen molar-refractivity contribution in [1.82, 2.24) is 0 Å². The third-order valence-corrected chi connectivity index (χ3v) is 2.15. The summed E-state index contributed by atoms with van der Waals surface area (Å²) in [7, 11) is 0. The molecule has 0 aliphatic carbocycles. The second-order valence-electron chi connectivity index (χ2n) is 3.70. The van der Waals surface area contributed by atoms with Gasteiger partial charge in [-0.15, -0.1) is 0 Å². The minimum absolute atomic E-state index is 0.00468. The van der Waals surface area contributed by atoms with Crippen LogP contribution >= 0.6 is 0 Å². The third kappa shape index (κ3) is 3.55. The van der Waals surface area contributed by atoms with E-state index < -0.39 is 16.9 Å². The van der Waals surface area contributed by atoms with Crippen LogP contribution in [0, 0.1) is 10.1 Å². The van der Waals surface area contributed by atoms with Crippen molar-refractivity contribution in [2.75, 3.05) is 0 Å². The Bertz CT molecular complexity index is 486. The van der Waals surface area contributed by atoms with Crippen LogP contribution in [0.1, 0.15) is 23.7 Å². The Kier molecular flexibility index (Phi) is 4.36. The number of hydrogen-bond acceptors (Lipinski definition) is 5. The molecule has 2 N–H and O–H groups in total. The summed E-state index contributed by atoms with van der Waals surface area (Å²) in [4.78, 5) is 31.4. The van der Waals surface area contributed by atoms with E-state index in [0.29, 0.717) is 6.29 Å². The molecule has 0 radical (unpaired) electrons. The summed E-state index contributed by atoms with van der Waals surface area (Å²) in [6.07, 6.45) is -0.0584. The Balaban J connectivity index is 2.92. The van der Waals surface area contributed by atoms with Crippen LogP contribution in [0.25, 0.3) is 0 Å². The molecule has 0 saturated carbocycles. The zero-order valence-corrected chi connectivity index (χ0v) is 9.66. The van der Waals surface area contributed by atoms with Gasteiger partial charge >= 0.3 is 0 Å². The smallest absolute Gasteiger partial charge is 0.270 e. The number of rotatable bonds is 6. The first kappa shape index (κ1) is 13.6. The molecule has 7 nitrogen and oxygen atoms in total. The molecule has 1 unspecified atom stereocenters. The van der Waals surface area contributed by atoms with Gasteiger partial charge in [-0.3, -0.25) is 19.7 Å². The first-order valence-electron chi connectivity index (χ1n) is 5.12. The number of nitro groups is 1. The summed E-state index contributed by atoms with van der Waals surface area (Å²) in [5.74, 6) is -0.346. The molecular weight excluding hydrogens is 240 g/mol. The Labute approximate surface area is 103 Å². The minimum Gasteiger partial charge on any atom is -0.489 e. The fourth-order valence-electron chi connectivity index (χ4n) is 1.39. The predicted molar refractivity (Wildman–Crippen MR) is 62.4 cm³/mol.